The van der Waals surface area contributed by atoms with Gasteiger partial charge in [-0.25, -0.2) is 9.37 Å². The normalized spacial score (nSPS) is 20.6. The van der Waals surface area contributed by atoms with Gasteiger partial charge >= 0.3 is 10.2 Å². The average Bonchev–Trinajstić information content (AvgIpc) is 3.87. The lowest BCUT2D eigenvalue weighted by Gasteiger charge is -2.40. The minimum absolute atomic E-state index is 0.0480. The molecule has 5 aromatic rings. The number of aryl methyl sites for hydroxylation is 1. The summed E-state index contributed by atoms with van der Waals surface area (Å²) in [6.07, 6.45) is 5.87. The Balaban J connectivity index is 0.795. The standard InChI is InChI=1S/C46H51FN10O8S/c1-4-53(2)66(62,63)52-38-11-9-36(47)43(35(38)24-48)65-31-6-10-37-34(22-31)45(61)57(27-49-37)30-23-46(64-26-30)15-19-56(20-16-46)41(59)25-55-17-13-28(14-18-55)29-5-7-32-39(21-29)54(3)51-42(32)33-8-12-40(58)50-44(33)60/h5-7,9-11,21-22,27-28,30,33,52H,4,8,12-20,23,25-26H2,1-3H3,(H,50,58,60)/t30-,33?/m1/s1. The number of ether oxygens (including phenoxy) is 2. The highest BCUT2D eigenvalue weighted by Crippen LogP contribution is 2.41. The summed E-state index contributed by atoms with van der Waals surface area (Å²) in [6.45, 7) is 5.09. The first-order valence-electron chi connectivity index (χ1n) is 22.3. The second-order valence-corrected chi connectivity index (χ2v) is 19.5. The summed E-state index contributed by atoms with van der Waals surface area (Å²) in [6, 6.07) is 14.4. The lowest BCUT2D eigenvalue weighted by atomic mass is 9.87. The molecular weight excluding hydrogens is 872 g/mol. The van der Waals surface area contributed by atoms with E-state index in [9.17, 15) is 32.9 Å². The van der Waals surface area contributed by atoms with E-state index in [4.69, 9.17) is 9.47 Å². The Labute approximate surface area is 380 Å². The van der Waals surface area contributed by atoms with Gasteiger partial charge in [-0.15, -0.1) is 0 Å². The van der Waals surface area contributed by atoms with Crippen LogP contribution in [0.2, 0.25) is 0 Å². The van der Waals surface area contributed by atoms with Gasteiger partial charge in [0.25, 0.3) is 5.56 Å². The fraction of sp³-hybridized carbons (Fsp3) is 0.457. The predicted molar refractivity (Wildman–Crippen MR) is 240 cm³/mol. The molecule has 66 heavy (non-hydrogen) atoms. The lowest BCUT2D eigenvalue weighted by Crippen LogP contribution is -2.50. The van der Waals surface area contributed by atoms with E-state index in [1.54, 1.807) is 13.0 Å². The number of piperidine rings is 3. The zero-order chi connectivity index (χ0) is 46.5. The first kappa shape index (κ1) is 44.9. The molecule has 6 heterocycles. The molecule has 18 nitrogen and oxygen atoms in total. The zero-order valence-corrected chi connectivity index (χ0v) is 37.8. The molecule has 4 aliphatic heterocycles. The van der Waals surface area contributed by atoms with Crippen molar-refractivity contribution in [3.63, 3.8) is 0 Å². The molecule has 0 saturated carbocycles. The van der Waals surface area contributed by atoms with Crippen LogP contribution in [-0.4, -0.2) is 118 Å². The Morgan fingerprint density at radius 1 is 1.06 bits per heavy atom. The fourth-order valence-corrected chi connectivity index (χ4v) is 10.7. The molecule has 4 saturated heterocycles. The van der Waals surface area contributed by atoms with Gasteiger partial charge in [-0.1, -0.05) is 19.1 Å². The van der Waals surface area contributed by atoms with E-state index < -0.39 is 33.3 Å². The Bertz CT molecular complexity index is 2970. The number of benzene rings is 3. The number of nitriles is 1. The van der Waals surface area contributed by atoms with Crippen LogP contribution in [0.25, 0.3) is 21.8 Å². The average molecular weight is 923 g/mol. The van der Waals surface area contributed by atoms with Crippen molar-refractivity contribution in [3.05, 3.63) is 87.9 Å². The summed E-state index contributed by atoms with van der Waals surface area (Å²) in [5, 5.41) is 18.2. The maximum absolute atomic E-state index is 15.1. The van der Waals surface area contributed by atoms with Gasteiger partial charge in [-0.05, 0) is 99.5 Å². The fourth-order valence-electron chi connectivity index (χ4n) is 9.79. The number of likely N-dealkylation sites (tertiary alicyclic amines) is 2. The van der Waals surface area contributed by atoms with Gasteiger partial charge in [-0.2, -0.15) is 23.1 Å². The monoisotopic (exact) mass is 922 g/mol. The van der Waals surface area contributed by atoms with Crippen molar-refractivity contribution in [2.24, 2.45) is 7.05 Å². The number of anilines is 1. The third kappa shape index (κ3) is 8.63. The van der Waals surface area contributed by atoms with Crippen molar-refractivity contribution < 1.29 is 36.7 Å². The topological polar surface area (TPSA) is 214 Å². The molecular formula is C46H51FN10O8S. The molecule has 20 heteroatoms. The van der Waals surface area contributed by atoms with Crippen LogP contribution in [-0.2, 0) is 36.4 Å². The van der Waals surface area contributed by atoms with Gasteiger partial charge in [0.15, 0.2) is 11.6 Å². The molecule has 9 rings (SSSR count). The zero-order valence-electron chi connectivity index (χ0n) is 37.0. The number of carbonyl (C=O) groups excluding carboxylic acids is 3. The maximum atomic E-state index is 15.1. The van der Waals surface area contributed by atoms with Crippen molar-refractivity contribution >= 4 is 55.4 Å². The van der Waals surface area contributed by atoms with Crippen LogP contribution in [0.3, 0.4) is 0 Å². The summed E-state index contributed by atoms with van der Waals surface area (Å²) in [5.41, 5.74) is 1.86. The Kier molecular flexibility index (Phi) is 12.1. The van der Waals surface area contributed by atoms with Gasteiger partial charge in [0, 0.05) is 45.5 Å². The molecule has 346 valence electrons. The van der Waals surface area contributed by atoms with Gasteiger partial charge in [0.1, 0.15) is 17.4 Å². The van der Waals surface area contributed by atoms with E-state index in [0.29, 0.717) is 68.9 Å². The van der Waals surface area contributed by atoms with Crippen LogP contribution in [0, 0.1) is 17.1 Å². The minimum atomic E-state index is -4.03. The highest BCUT2D eigenvalue weighted by Gasteiger charge is 2.44. The van der Waals surface area contributed by atoms with Gasteiger partial charge in [0.2, 0.25) is 17.7 Å². The maximum Gasteiger partial charge on any atom is 0.301 e. The predicted octanol–water partition coefficient (Wildman–Crippen LogP) is 4.42. The molecule has 0 aliphatic carbocycles. The molecule has 0 bridgehead atoms. The summed E-state index contributed by atoms with van der Waals surface area (Å²) < 4.78 is 59.4. The van der Waals surface area contributed by atoms with Crippen LogP contribution < -0.4 is 20.3 Å². The quantitative estimate of drug-likeness (QED) is 0.176. The first-order valence-corrected chi connectivity index (χ1v) is 23.7. The number of fused-ring (bicyclic) bond motifs is 2. The van der Waals surface area contributed by atoms with Crippen molar-refractivity contribution in [3.8, 4) is 17.6 Å². The summed E-state index contributed by atoms with van der Waals surface area (Å²) >= 11 is 0. The third-order valence-electron chi connectivity index (χ3n) is 13.8. The Morgan fingerprint density at radius 3 is 2.56 bits per heavy atom. The number of hydrogen-bond donors (Lipinski definition) is 2. The number of amides is 3. The van der Waals surface area contributed by atoms with E-state index in [1.165, 1.54) is 35.6 Å². The summed E-state index contributed by atoms with van der Waals surface area (Å²) in [7, 11) is -0.791. The summed E-state index contributed by atoms with van der Waals surface area (Å²) in [4.78, 5) is 60.5. The summed E-state index contributed by atoms with van der Waals surface area (Å²) in [5.74, 6) is -1.93. The first-order chi connectivity index (χ1) is 31.7. The van der Waals surface area contributed by atoms with Crippen molar-refractivity contribution in [1.82, 2.24) is 38.8 Å². The molecule has 2 N–H and O–H groups in total. The van der Waals surface area contributed by atoms with Crippen molar-refractivity contribution in [1.29, 1.82) is 5.26 Å². The van der Waals surface area contributed by atoms with E-state index in [-0.39, 0.29) is 64.9 Å². The van der Waals surface area contributed by atoms with E-state index >= 15 is 4.39 Å². The molecule has 2 atom stereocenters. The molecule has 4 aliphatic rings. The number of nitrogens with one attached hydrogen (secondary N) is 2. The SMILES string of the molecule is CCN(C)S(=O)(=O)Nc1ccc(F)c(Oc2ccc3ncn([C@H]4COC5(CCN(C(=O)CN6CCC(c7ccc8c(C9CCC(=O)NC9=O)nn(C)c8c7)CC6)CC5)C4)c(=O)c3c2)c1C#N. The molecule has 4 fully saturated rings. The second-order valence-electron chi connectivity index (χ2n) is 17.7. The van der Waals surface area contributed by atoms with Crippen LogP contribution in [0.4, 0.5) is 10.1 Å². The van der Waals surface area contributed by atoms with Crippen molar-refractivity contribution in [2.45, 2.75) is 75.3 Å². The van der Waals surface area contributed by atoms with E-state index in [0.717, 1.165) is 53.3 Å². The number of hydrogen-bond acceptors (Lipinski definition) is 12. The Morgan fingerprint density at radius 2 is 1.83 bits per heavy atom. The number of rotatable bonds is 11. The number of halogens is 1. The molecule has 1 spiro atoms. The third-order valence-corrected chi connectivity index (χ3v) is 15.3. The van der Waals surface area contributed by atoms with Crippen LogP contribution in [0.5, 0.6) is 11.5 Å². The van der Waals surface area contributed by atoms with Crippen molar-refractivity contribution in [2.75, 3.05) is 57.6 Å². The smallest absolute Gasteiger partial charge is 0.301 e. The minimum Gasteiger partial charge on any atom is -0.453 e. The number of aromatic nitrogens is 4. The lowest BCUT2D eigenvalue weighted by molar-refractivity contribution is -0.137. The highest BCUT2D eigenvalue weighted by atomic mass is 32.2. The number of nitrogens with zero attached hydrogens (tertiary/aromatic N) is 8. The molecule has 2 aromatic heterocycles. The number of carbonyl (C=O) groups is 3. The number of imide groups is 1. The molecule has 1 unspecified atom stereocenters. The molecule has 3 aromatic carbocycles. The van der Waals surface area contributed by atoms with Crippen LogP contribution >= 0.6 is 0 Å². The second kappa shape index (κ2) is 17.8. The molecule has 3 amide bonds. The van der Waals surface area contributed by atoms with Gasteiger partial charge in [0.05, 0.1) is 64.8 Å². The molecule has 0 radical (unpaired) electrons. The van der Waals surface area contributed by atoms with E-state index in [1.807, 2.05) is 28.8 Å². The van der Waals surface area contributed by atoms with Crippen LogP contribution in [0.15, 0.2) is 59.7 Å². The van der Waals surface area contributed by atoms with Crippen LogP contribution in [0.1, 0.15) is 86.6 Å². The van der Waals surface area contributed by atoms with Gasteiger partial charge < -0.3 is 14.4 Å². The largest absolute Gasteiger partial charge is 0.453 e. The van der Waals surface area contributed by atoms with E-state index in [2.05, 4.69) is 37.2 Å². The van der Waals surface area contributed by atoms with Gasteiger partial charge in [-0.3, -0.25) is 43.4 Å². The highest BCUT2D eigenvalue weighted by molar-refractivity contribution is 7.90. The Hall–Kier alpha value is -6.27.